The number of benzene rings is 4. The van der Waals surface area contributed by atoms with E-state index in [1.165, 1.54) is 60.0 Å². The molecule has 0 aromatic heterocycles. The molecule has 0 radical (unpaired) electrons. The normalized spacial score (nSPS) is 23.3. The lowest BCUT2D eigenvalue weighted by Gasteiger charge is -2.38. The van der Waals surface area contributed by atoms with Crippen LogP contribution in [0.5, 0.6) is 0 Å². The number of hydrogen-bond acceptors (Lipinski definition) is 1. The maximum Gasteiger partial charge on any atom is 0.0467 e. The molecule has 4 aromatic carbocycles. The molecule has 0 aliphatic heterocycles. The lowest BCUT2D eigenvalue weighted by Crippen LogP contribution is -2.25. The number of nitrogens with zero attached hydrogens (tertiary/aromatic N) is 1. The van der Waals surface area contributed by atoms with Crippen LogP contribution in [-0.4, -0.2) is 0 Å². The molecule has 38 heavy (non-hydrogen) atoms. The van der Waals surface area contributed by atoms with Crippen molar-refractivity contribution in [1.82, 2.24) is 0 Å². The van der Waals surface area contributed by atoms with Crippen molar-refractivity contribution < 1.29 is 0 Å². The first-order chi connectivity index (χ1) is 18.4. The van der Waals surface area contributed by atoms with Crippen molar-refractivity contribution in [3.63, 3.8) is 0 Å². The zero-order chi connectivity index (χ0) is 26.0. The molecule has 2 saturated carbocycles. The summed E-state index contributed by atoms with van der Waals surface area (Å²) < 4.78 is 2.18. The van der Waals surface area contributed by atoms with Gasteiger partial charge < -0.3 is 4.90 Å². The molecule has 1 nitrogen and oxygen atoms in total. The summed E-state index contributed by atoms with van der Waals surface area (Å²) in [6.07, 6.45) is 7.16. The summed E-state index contributed by atoms with van der Waals surface area (Å²) in [6.45, 7) is 4.57. The second-order valence-corrected chi connectivity index (χ2v) is 13.7. The topological polar surface area (TPSA) is 3.24 Å². The van der Waals surface area contributed by atoms with Gasteiger partial charge in [-0.15, -0.1) is 0 Å². The van der Waals surface area contributed by atoms with Crippen molar-refractivity contribution in [3.05, 3.63) is 110 Å². The third-order valence-corrected chi connectivity index (χ3v) is 10.4. The summed E-state index contributed by atoms with van der Waals surface area (Å²) in [5.74, 6) is 3.48. The van der Waals surface area contributed by atoms with E-state index >= 15 is 0 Å². The molecule has 4 aliphatic rings. The van der Waals surface area contributed by atoms with Crippen molar-refractivity contribution >= 4 is 48.9 Å². The third kappa shape index (κ3) is 4.36. The molecule has 3 heteroatoms. The van der Waals surface area contributed by atoms with Gasteiger partial charge in [-0.05, 0) is 164 Å². The molecule has 8 rings (SSSR count). The van der Waals surface area contributed by atoms with Gasteiger partial charge in [-0.2, -0.15) is 0 Å². The molecule has 2 fully saturated rings. The third-order valence-electron chi connectivity index (χ3n) is 9.34. The predicted octanol–water partition coefficient (Wildman–Crippen LogP) is 11.4. The van der Waals surface area contributed by atoms with E-state index in [4.69, 9.17) is 0 Å². The Morgan fingerprint density at radius 1 is 0.553 bits per heavy atom. The summed E-state index contributed by atoms with van der Waals surface area (Å²) in [6, 6.07) is 29.4. The van der Waals surface area contributed by atoms with Crippen LogP contribution in [0.4, 0.5) is 17.1 Å². The Balaban J connectivity index is 1.31. The molecule has 0 heterocycles. The van der Waals surface area contributed by atoms with E-state index in [9.17, 15) is 0 Å². The van der Waals surface area contributed by atoms with E-state index in [0.29, 0.717) is 0 Å². The van der Waals surface area contributed by atoms with Gasteiger partial charge in [0.2, 0.25) is 0 Å². The van der Waals surface area contributed by atoms with Gasteiger partial charge in [0.1, 0.15) is 0 Å². The molecule has 0 saturated heterocycles. The van der Waals surface area contributed by atoms with Crippen molar-refractivity contribution in [1.29, 1.82) is 0 Å². The summed E-state index contributed by atoms with van der Waals surface area (Å²) in [4.78, 5) is 2.36. The largest absolute Gasteiger partial charge is 0.310 e. The van der Waals surface area contributed by atoms with Crippen LogP contribution < -0.4 is 4.90 Å². The second kappa shape index (κ2) is 9.68. The van der Waals surface area contributed by atoms with Gasteiger partial charge in [0.05, 0.1) is 0 Å². The molecular formula is C35H33Br2N. The highest BCUT2D eigenvalue weighted by Crippen LogP contribution is 2.56. The first-order valence-electron chi connectivity index (χ1n) is 14.0. The van der Waals surface area contributed by atoms with Crippen LogP contribution in [0.2, 0.25) is 0 Å². The van der Waals surface area contributed by atoms with Crippen LogP contribution in [0.15, 0.2) is 87.8 Å². The fourth-order valence-corrected chi connectivity index (χ4v) is 8.50. The van der Waals surface area contributed by atoms with Crippen molar-refractivity contribution in [2.45, 2.75) is 57.8 Å². The maximum absolute atomic E-state index is 3.60. The Morgan fingerprint density at radius 2 is 1.05 bits per heavy atom. The highest BCUT2D eigenvalue weighted by Gasteiger charge is 2.42. The Kier molecular flexibility index (Phi) is 6.28. The standard InChI is InChI=1S/C35H33Br2N/c1-21-13-32(38(30-8-4-28(36)5-9-30)31-10-6-29(37)7-11-31)14-22(2)35(21)25-3-12-33-26-16-23-15-24(17-26)19-27(18-23)34(33)20-25/h3-14,20,23-24,26-27H,15-19H2,1-2H3. The predicted molar refractivity (Wildman–Crippen MR) is 167 cm³/mol. The number of rotatable bonds is 4. The quantitative estimate of drug-likeness (QED) is 0.218. The summed E-state index contributed by atoms with van der Waals surface area (Å²) in [5, 5.41) is 0. The van der Waals surface area contributed by atoms with Crippen LogP contribution in [0, 0.1) is 25.7 Å². The zero-order valence-corrected chi connectivity index (χ0v) is 25.2. The van der Waals surface area contributed by atoms with Crippen LogP contribution in [0.25, 0.3) is 11.1 Å². The number of halogens is 2. The van der Waals surface area contributed by atoms with Gasteiger partial charge >= 0.3 is 0 Å². The van der Waals surface area contributed by atoms with E-state index in [1.54, 1.807) is 11.1 Å². The minimum Gasteiger partial charge on any atom is -0.310 e. The van der Waals surface area contributed by atoms with Crippen molar-refractivity contribution in [3.8, 4) is 11.1 Å². The van der Waals surface area contributed by atoms with E-state index < -0.39 is 0 Å². The van der Waals surface area contributed by atoms with E-state index in [1.807, 2.05) is 0 Å². The molecule has 4 aromatic rings. The van der Waals surface area contributed by atoms with E-state index in [0.717, 1.165) is 44.0 Å². The number of aryl methyl sites for hydroxylation is 2. The summed E-state index contributed by atoms with van der Waals surface area (Å²) in [5.41, 5.74) is 12.3. The Labute approximate surface area is 243 Å². The first-order valence-corrected chi connectivity index (χ1v) is 15.6. The first kappa shape index (κ1) is 24.7. The van der Waals surface area contributed by atoms with Gasteiger partial charge in [-0.1, -0.05) is 50.1 Å². The van der Waals surface area contributed by atoms with Crippen molar-refractivity contribution in [2.75, 3.05) is 4.90 Å². The highest BCUT2D eigenvalue weighted by atomic mass is 79.9. The van der Waals surface area contributed by atoms with Crippen LogP contribution in [-0.2, 0) is 0 Å². The lowest BCUT2D eigenvalue weighted by atomic mass is 9.67. The van der Waals surface area contributed by atoms with Gasteiger partial charge in [0.15, 0.2) is 0 Å². The Morgan fingerprint density at radius 3 is 1.58 bits per heavy atom. The summed E-state index contributed by atoms with van der Waals surface area (Å²) >= 11 is 7.21. The lowest BCUT2D eigenvalue weighted by molar-refractivity contribution is 0.166. The minimum absolute atomic E-state index is 0.770. The maximum atomic E-state index is 3.60. The fraction of sp³-hybridized carbons (Fsp3) is 0.314. The zero-order valence-electron chi connectivity index (χ0n) is 22.1. The Bertz CT molecular complexity index is 1420. The van der Waals surface area contributed by atoms with E-state index in [-0.39, 0.29) is 0 Å². The number of anilines is 3. The van der Waals surface area contributed by atoms with Gasteiger partial charge in [-0.25, -0.2) is 0 Å². The average Bonchev–Trinajstić information content (AvgIpc) is 3.06. The fourth-order valence-electron chi connectivity index (χ4n) is 7.97. The summed E-state index contributed by atoms with van der Waals surface area (Å²) in [7, 11) is 0. The van der Waals surface area contributed by atoms with Crippen molar-refractivity contribution in [2.24, 2.45) is 11.8 Å². The monoisotopic (exact) mass is 625 g/mol. The SMILES string of the molecule is Cc1cc(N(c2ccc(Br)cc2)c2ccc(Br)cc2)cc(C)c1-c1ccc2c(c1)C1CC3CC(CC2C3)C1. The van der Waals surface area contributed by atoms with E-state index in [2.05, 4.69) is 129 Å². The highest BCUT2D eigenvalue weighted by molar-refractivity contribution is 9.10. The van der Waals surface area contributed by atoms with Crippen LogP contribution in [0.3, 0.4) is 0 Å². The molecule has 192 valence electrons. The molecule has 4 aliphatic carbocycles. The second-order valence-electron chi connectivity index (χ2n) is 11.9. The van der Waals surface area contributed by atoms with Crippen LogP contribution >= 0.6 is 31.9 Å². The molecule has 0 N–H and O–H groups in total. The van der Waals surface area contributed by atoms with Gasteiger partial charge in [-0.3, -0.25) is 0 Å². The molecular weight excluding hydrogens is 594 g/mol. The smallest absolute Gasteiger partial charge is 0.0467 e. The molecule has 0 spiro atoms. The minimum atomic E-state index is 0.770. The number of hydrogen-bond donors (Lipinski definition) is 0. The van der Waals surface area contributed by atoms with Gasteiger partial charge in [0, 0.05) is 26.0 Å². The molecule has 4 bridgehead atoms. The van der Waals surface area contributed by atoms with Crippen LogP contribution in [0.1, 0.15) is 66.2 Å². The molecule has 2 unspecified atom stereocenters. The Hall–Kier alpha value is -2.36. The van der Waals surface area contributed by atoms with Gasteiger partial charge in [0.25, 0.3) is 0 Å². The molecule has 2 atom stereocenters. The average molecular weight is 627 g/mol. The molecule has 0 amide bonds.